The van der Waals surface area contributed by atoms with Gasteiger partial charge >= 0.3 is 6.09 Å². The molecule has 17 nitrogen and oxygen atoms in total. The molecule has 3 heterocycles. The third-order valence-electron chi connectivity index (χ3n) is 13.9. The van der Waals surface area contributed by atoms with Gasteiger partial charge in [0.2, 0.25) is 23.6 Å². The SMILES string of the molecule is CC[C@H](C)[C@@H]([C@@H](CC(=O)N1CCC[C@H]1[C@H](OC)[C@@H](C)C(=O)N[C@@H](Cc1ccccc1)c1nccs1)OC)N(C)C(=O)[C@@H](NC(=O)[C@H](C(C)C)N(C)C(=O)OC(C)C(=O)N1CCN(C)CC1)C(C)C. The molecule has 10 atom stereocenters. The first-order valence-electron chi connectivity index (χ1n) is 24.3. The summed E-state index contributed by atoms with van der Waals surface area (Å²) in [6, 6.07) is 6.67. The van der Waals surface area contributed by atoms with E-state index in [1.165, 1.54) is 37.3 Å². The predicted molar refractivity (Wildman–Crippen MR) is 262 cm³/mol. The summed E-state index contributed by atoms with van der Waals surface area (Å²) >= 11 is 1.49. The maximum Gasteiger partial charge on any atom is 0.410 e. The van der Waals surface area contributed by atoms with Crippen molar-refractivity contribution < 1.29 is 43.0 Å². The molecule has 380 valence electrons. The van der Waals surface area contributed by atoms with Gasteiger partial charge in [0.1, 0.15) is 17.1 Å². The van der Waals surface area contributed by atoms with E-state index in [2.05, 4.69) is 20.5 Å². The molecule has 0 bridgehead atoms. The molecule has 68 heavy (non-hydrogen) atoms. The minimum Gasteiger partial charge on any atom is -0.436 e. The van der Waals surface area contributed by atoms with Crippen molar-refractivity contribution in [3.8, 4) is 0 Å². The number of likely N-dealkylation sites (N-methyl/N-ethyl adjacent to an activating group) is 3. The van der Waals surface area contributed by atoms with E-state index in [1.54, 1.807) is 48.9 Å². The van der Waals surface area contributed by atoms with Crippen molar-refractivity contribution in [3.63, 3.8) is 0 Å². The summed E-state index contributed by atoms with van der Waals surface area (Å²) in [5.74, 6) is -3.01. The Morgan fingerprint density at radius 3 is 2.07 bits per heavy atom. The Kier molecular flexibility index (Phi) is 21.7. The maximum atomic E-state index is 14.7. The Hall–Kier alpha value is -4.65. The van der Waals surface area contributed by atoms with Crippen molar-refractivity contribution in [2.45, 2.75) is 136 Å². The highest BCUT2D eigenvalue weighted by Crippen LogP contribution is 2.31. The molecule has 18 heteroatoms. The standard InChI is InChI=1S/C50H80N8O9S/c1-14-33(6)43(55(10)49(63)41(31(2)3)53-46(61)42(32(4)5)56(11)50(64)67-35(8)48(62)57-26-24-54(9)25-27-57)39(65-12)30-40(59)58-23-18-21-38(58)44(66-13)34(7)45(60)52-37(47-51-22-28-68-47)29-36-19-16-15-17-20-36/h15-17,19-20,22,28,31-35,37-39,41-44H,14,18,21,23-27,29-30H2,1-13H3,(H,52,60)(H,53,61)/t33-,34+,35?,37-,38-,39+,41-,42-,43-,44+/m0/s1. The van der Waals surface area contributed by atoms with Crippen LogP contribution in [0.1, 0.15) is 97.7 Å². The van der Waals surface area contributed by atoms with E-state index in [0.717, 1.165) is 30.1 Å². The number of nitrogens with zero attached hydrogens (tertiary/aromatic N) is 6. The number of carbonyl (C=O) groups excluding carboxylic acids is 6. The molecule has 1 unspecified atom stereocenters. The zero-order valence-corrected chi connectivity index (χ0v) is 43.6. The van der Waals surface area contributed by atoms with E-state index >= 15 is 0 Å². The van der Waals surface area contributed by atoms with Crippen LogP contribution in [0.5, 0.6) is 0 Å². The fraction of sp³-hybridized carbons (Fsp3) is 0.700. The first-order valence-corrected chi connectivity index (χ1v) is 25.2. The van der Waals surface area contributed by atoms with Gasteiger partial charge < -0.3 is 44.4 Å². The van der Waals surface area contributed by atoms with Crippen molar-refractivity contribution in [1.82, 2.24) is 40.1 Å². The lowest BCUT2D eigenvalue weighted by Gasteiger charge is -2.41. The number of piperazine rings is 1. The lowest BCUT2D eigenvalue weighted by Crippen LogP contribution is -2.60. The van der Waals surface area contributed by atoms with Gasteiger partial charge in [0.15, 0.2) is 6.10 Å². The van der Waals surface area contributed by atoms with Gasteiger partial charge in [-0.1, -0.05) is 85.2 Å². The van der Waals surface area contributed by atoms with Crippen molar-refractivity contribution in [2.75, 3.05) is 68.1 Å². The number of likely N-dealkylation sites (tertiary alicyclic amines) is 1. The topological polar surface area (TPSA) is 183 Å². The number of benzene rings is 1. The highest BCUT2D eigenvalue weighted by molar-refractivity contribution is 7.09. The first-order chi connectivity index (χ1) is 32.2. The van der Waals surface area contributed by atoms with Crippen LogP contribution in [0.15, 0.2) is 41.9 Å². The number of amides is 6. The molecule has 0 radical (unpaired) electrons. The normalized spacial score (nSPS) is 19.5. The highest BCUT2D eigenvalue weighted by atomic mass is 32.1. The van der Waals surface area contributed by atoms with Crippen LogP contribution in [0, 0.1) is 23.7 Å². The molecule has 2 aromatic rings. The summed E-state index contributed by atoms with van der Waals surface area (Å²) in [5.41, 5.74) is 1.07. The number of ether oxygens (including phenoxy) is 3. The number of thiazole rings is 1. The van der Waals surface area contributed by atoms with Crippen LogP contribution in [-0.2, 0) is 44.6 Å². The molecule has 2 saturated heterocycles. The van der Waals surface area contributed by atoms with E-state index in [0.29, 0.717) is 38.9 Å². The molecule has 0 saturated carbocycles. The first kappa shape index (κ1) is 55.9. The van der Waals surface area contributed by atoms with E-state index in [-0.39, 0.29) is 59.9 Å². The third kappa shape index (κ3) is 14.5. The zero-order valence-electron chi connectivity index (χ0n) is 42.8. The van der Waals surface area contributed by atoms with E-state index in [4.69, 9.17) is 14.2 Å². The smallest absolute Gasteiger partial charge is 0.410 e. The van der Waals surface area contributed by atoms with Gasteiger partial charge in [-0.05, 0) is 56.6 Å². The van der Waals surface area contributed by atoms with Crippen molar-refractivity contribution >= 4 is 47.0 Å². The summed E-state index contributed by atoms with van der Waals surface area (Å²) < 4.78 is 17.7. The minimum absolute atomic E-state index is 0.0311. The van der Waals surface area contributed by atoms with Gasteiger partial charge in [-0.15, -0.1) is 11.3 Å². The molecule has 2 aliphatic heterocycles. The average molecular weight is 969 g/mol. The van der Waals surface area contributed by atoms with E-state index in [9.17, 15) is 28.8 Å². The number of hydrogen-bond acceptors (Lipinski definition) is 12. The number of methoxy groups -OCH3 is 2. The summed E-state index contributed by atoms with van der Waals surface area (Å²) in [6.07, 6.45) is 1.15. The number of rotatable bonds is 23. The lowest BCUT2D eigenvalue weighted by atomic mass is 9.89. The fourth-order valence-electron chi connectivity index (χ4n) is 9.65. The van der Waals surface area contributed by atoms with Gasteiger partial charge in [0.05, 0.1) is 42.7 Å². The van der Waals surface area contributed by atoms with Crippen LogP contribution < -0.4 is 10.6 Å². The predicted octanol–water partition coefficient (Wildman–Crippen LogP) is 4.86. The van der Waals surface area contributed by atoms with Crippen molar-refractivity contribution in [2.24, 2.45) is 23.7 Å². The van der Waals surface area contributed by atoms with Crippen LogP contribution in [0.4, 0.5) is 4.79 Å². The van der Waals surface area contributed by atoms with E-state index in [1.807, 2.05) is 77.4 Å². The van der Waals surface area contributed by atoms with Crippen LogP contribution in [0.2, 0.25) is 0 Å². The number of nitrogens with one attached hydrogen (secondary N) is 2. The zero-order chi connectivity index (χ0) is 50.4. The molecular weight excluding hydrogens is 889 g/mol. The third-order valence-corrected chi connectivity index (χ3v) is 14.8. The monoisotopic (exact) mass is 969 g/mol. The second-order valence-electron chi connectivity index (χ2n) is 19.4. The van der Waals surface area contributed by atoms with Crippen LogP contribution in [-0.4, -0.2) is 176 Å². The molecule has 2 N–H and O–H groups in total. The summed E-state index contributed by atoms with van der Waals surface area (Å²) in [5, 5.41) is 8.87. The number of carbonyl (C=O) groups is 6. The fourth-order valence-corrected chi connectivity index (χ4v) is 10.3. The van der Waals surface area contributed by atoms with Gasteiger partial charge in [0, 0.05) is 72.6 Å². The molecule has 6 amide bonds. The molecular formula is C50H80N8O9S. The largest absolute Gasteiger partial charge is 0.436 e. The molecule has 0 spiro atoms. The van der Waals surface area contributed by atoms with Crippen molar-refractivity contribution in [3.05, 3.63) is 52.5 Å². The molecule has 4 rings (SSSR count). The Morgan fingerprint density at radius 2 is 1.51 bits per heavy atom. The van der Waals surface area contributed by atoms with Gasteiger partial charge in [-0.2, -0.15) is 0 Å². The van der Waals surface area contributed by atoms with E-state index < -0.39 is 54.4 Å². The highest BCUT2D eigenvalue weighted by Gasteiger charge is 2.44. The molecule has 1 aromatic heterocycles. The van der Waals surface area contributed by atoms with Gasteiger partial charge in [0.25, 0.3) is 5.91 Å². The second-order valence-corrected chi connectivity index (χ2v) is 20.3. The van der Waals surface area contributed by atoms with Crippen molar-refractivity contribution in [1.29, 1.82) is 0 Å². The molecule has 0 aliphatic carbocycles. The summed E-state index contributed by atoms with van der Waals surface area (Å²) in [4.78, 5) is 96.8. The molecule has 2 fully saturated rings. The van der Waals surface area contributed by atoms with Gasteiger partial charge in [-0.25, -0.2) is 9.78 Å². The van der Waals surface area contributed by atoms with Crippen LogP contribution in [0.25, 0.3) is 0 Å². The second kappa shape index (κ2) is 26.4. The Labute approximate surface area is 409 Å². The van der Waals surface area contributed by atoms with Gasteiger partial charge in [-0.3, -0.25) is 28.9 Å². The summed E-state index contributed by atoms with van der Waals surface area (Å²) in [7, 11) is 8.23. The lowest BCUT2D eigenvalue weighted by molar-refractivity contribution is -0.148. The molecule has 1 aromatic carbocycles. The average Bonchev–Trinajstić information content (AvgIpc) is 4.04. The number of hydrogen-bond donors (Lipinski definition) is 2. The van der Waals surface area contributed by atoms with Crippen LogP contribution in [0.3, 0.4) is 0 Å². The maximum absolute atomic E-state index is 14.7. The quantitative estimate of drug-likeness (QED) is 0.155. The minimum atomic E-state index is -1.05. The number of aromatic nitrogens is 1. The Balaban J connectivity index is 1.46. The Bertz CT molecular complexity index is 1930. The Morgan fingerprint density at radius 1 is 0.853 bits per heavy atom. The summed E-state index contributed by atoms with van der Waals surface area (Å²) in [6.45, 7) is 17.6. The van der Waals surface area contributed by atoms with Crippen LogP contribution >= 0.6 is 11.3 Å². The molecule has 2 aliphatic rings.